The van der Waals surface area contributed by atoms with Gasteiger partial charge in [0.25, 0.3) is 0 Å². The molecule has 2 nitrogen and oxygen atoms in total. The molecule has 0 aliphatic heterocycles. The van der Waals surface area contributed by atoms with E-state index in [4.69, 9.17) is 11.5 Å². The zero-order valence-corrected chi connectivity index (χ0v) is 9.40. The first-order chi connectivity index (χ1) is 6.70. The molecule has 4 N–H and O–H groups in total. The highest BCUT2D eigenvalue weighted by atomic mass is 14.8. The van der Waals surface area contributed by atoms with E-state index in [9.17, 15) is 0 Å². The summed E-state index contributed by atoms with van der Waals surface area (Å²) in [5, 5.41) is 0. The third kappa shape index (κ3) is 5.00. The summed E-state index contributed by atoms with van der Waals surface area (Å²) in [5.41, 5.74) is 12.7. The summed E-state index contributed by atoms with van der Waals surface area (Å²) in [7, 11) is 0. The molecule has 2 atom stereocenters. The highest BCUT2D eigenvalue weighted by Crippen LogP contribution is 2.02. The molecule has 0 amide bonds. The molecule has 0 aliphatic rings. The van der Waals surface area contributed by atoms with E-state index in [0.29, 0.717) is 0 Å². The SMILES string of the molecule is CC.CC(N)C(N)Cc1ccccc1. The fourth-order valence-corrected chi connectivity index (χ4v) is 1.07. The zero-order valence-electron chi connectivity index (χ0n) is 9.40. The molecule has 0 bridgehead atoms. The molecule has 0 fully saturated rings. The summed E-state index contributed by atoms with van der Waals surface area (Å²) in [6.07, 6.45) is 0.860. The molecule has 0 heterocycles. The molecule has 14 heavy (non-hydrogen) atoms. The molecule has 1 rings (SSSR count). The van der Waals surface area contributed by atoms with Gasteiger partial charge in [-0.05, 0) is 18.9 Å². The van der Waals surface area contributed by atoms with E-state index in [2.05, 4.69) is 12.1 Å². The Morgan fingerprint density at radius 2 is 1.57 bits per heavy atom. The van der Waals surface area contributed by atoms with Gasteiger partial charge in [-0.15, -0.1) is 0 Å². The zero-order chi connectivity index (χ0) is 11.0. The number of benzene rings is 1. The van der Waals surface area contributed by atoms with Gasteiger partial charge in [0, 0.05) is 12.1 Å². The van der Waals surface area contributed by atoms with Crippen LogP contribution in [0.15, 0.2) is 30.3 Å². The van der Waals surface area contributed by atoms with Crippen molar-refractivity contribution in [3.05, 3.63) is 35.9 Å². The second kappa shape index (κ2) is 7.54. The second-order valence-corrected chi connectivity index (χ2v) is 3.21. The highest BCUT2D eigenvalue weighted by Gasteiger charge is 2.07. The molecule has 0 saturated carbocycles. The first kappa shape index (κ1) is 13.1. The van der Waals surface area contributed by atoms with Crippen LogP contribution in [-0.2, 0) is 6.42 Å². The monoisotopic (exact) mass is 194 g/mol. The van der Waals surface area contributed by atoms with Crippen LogP contribution < -0.4 is 11.5 Å². The summed E-state index contributed by atoms with van der Waals surface area (Å²) in [6, 6.07) is 10.3. The van der Waals surface area contributed by atoms with Crippen LogP contribution in [0.5, 0.6) is 0 Å². The second-order valence-electron chi connectivity index (χ2n) is 3.21. The Morgan fingerprint density at radius 1 is 1.07 bits per heavy atom. The number of rotatable bonds is 3. The maximum atomic E-state index is 5.82. The van der Waals surface area contributed by atoms with Crippen molar-refractivity contribution in [2.45, 2.75) is 39.3 Å². The number of hydrogen-bond donors (Lipinski definition) is 2. The van der Waals surface area contributed by atoms with Gasteiger partial charge in [-0.3, -0.25) is 0 Å². The first-order valence-electron chi connectivity index (χ1n) is 5.25. The topological polar surface area (TPSA) is 52.0 Å². The minimum absolute atomic E-state index is 0.0604. The van der Waals surface area contributed by atoms with Gasteiger partial charge in [0.2, 0.25) is 0 Å². The summed E-state index contributed by atoms with van der Waals surface area (Å²) >= 11 is 0. The van der Waals surface area contributed by atoms with Crippen molar-refractivity contribution in [3.63, 3.8) is 0 Å². The third-order valence-corrected chi connectivity index (χ3v) is 1.99. The molecule has 0 radical (unpaired) electrons. The summed E-state index contributed by atoms with van der Waals surface area (Å²) in [4.78, 5) is 0. The average molecular weight is 194 g/mol. The van der Waals surface area contributed by atoms with Crippen LogP contribution in [0.1, 0.15) is 26.3 Å². The van der Waals surface area contributed by atoms with E-state index in [0.717, 1.165) is 6.42 Å². The lowest BCUT2D eigenvalue weighted by Gasteiger charge is -2.14. The van der Waals surface area contributed by atoms with Gasteiger partial charge < -0.3 is 11.5 Å². The van der Waals surface area contributed by atoms with Crippen LogP contribution in [0.25, 0.3) is 0 Å². The van der Waals surface area contributed by atoms with E-state index in [-0.39, 0.29) is 12.1 Å². The molecule has 0 spiro atoms. The van der Waals surface area contributed by atoms with Gasteiger partial charge >= 0.3 is 0 Å². The van der Waals surface area contributed by atoms with Crippen LogP contribution in [-0.4, -0.2) is 12.1 Å². The molecule has 2 heteroatoms. The van der Waals surface area contributed by atoms with E-state index < -0.39 is 0 Å². The lowest BCUT2D eigenvalue weighted by molar-refractivity contribution is 0.557. The predicted molar refractivity (Wildman–Crippen MR) is 63.1 cm³/mol. The molecule has 0 aromatic heterocycles. The van der Waals surface area contributed by atoms with E-state index in [1.807, 2.05) is 39.0 Å². The molecular weight excluding hydrogens is 172 g/mol. The Hall–Kier alpha value is -0.860. The predicted octanol–water partition coefficient (Wildman–Crippen LogP) is 1.93. The Kier molecular flexibility index (Phi) is 7.07. The van der Waals surface area contributed by atoms with Gasteiger partial charge in [0.1, 0.15) is 0 Å². The highest BCUT2D eigenvalue weighted by molar-refractivity contribution is 5.16. The largest absolute Gasteiger partial charge is 0.327 e. The van der Waals surface area contributed by atoms with Gasteiger partial charge in [0.05, 0.1) is 0 Å². The van der Waals surface area contributed by atoms with Crippen molar-refractivity contribution in [1.82, 2.24) is 0 Å². The molecule has 0 aliphatic carbocycles. The van der Waals surface area contributed by atoms with E-state index >= 15 is 0 Å². The van der Waals surface area contributed by atoms with Gasteiger partial charge in [-0.2, -0.15) is 0 Å². The molecular formula is C12H22N2. The normalized spacial score (nSPS) is 13.8. The van der Waals surface area contributed by atoms with Gasteiger partial charge in [0.15, 0.2) is 0 Å². The lowest BCUT2D eigenvalue weighted by atomic mass is 10.0. The van der Waals surface area contributed by atoms with Crippen molar-refractivity contribution >= 4 is 0 Å². The Labute approximate surface area is 87.3 Å². The summed E-state index contributed by atoms with van der Waals surface area (Å²) in [5.74, 6) is 0. The Bertz CT molecular complexity index is 219. The van der Waals surface area contributed by atoms with E-state index in [1.54, 1.807) is 0 Å². The van der Waals surface area contributed by atoms with Crippen LogP contribution in [0.2, 0.25) is 0 Å². The standard InChI is InChI=1S/C10H16N2.C2H6/c1-8(11)10(12)7-9-5-3-2-4-6-9;1-2/h2-6,8,10H,7,11-12H2,1H3;1-2H3. The maximum Gasteiger partial charge on any atom is 0.0230 e. The van der Waals surface area contributed by atoms with E-state index in [1.165, 1.54) is 5.56 Å². The van der Waals surface area contributed by atoms with Crippen LogP contribution in [0.3, 0.4) is 0 Å². The minimum atomic E-state index is 0.0604. The van der Waals surface area contributed by atoms with Gasteiger partial charge in [-0.25, -0.2) is 0 Å². The van der Waals surface area contributed by atoms with Crippen molar-refractivity contribution in [1.29, 1.82) is 0 Å². The third-order valence-electron chi connectivity index (χ3n) is 1.99. The molecule has 80 valence electrons. The van der Waals surface area contributed by atoms with Crippen molar-refractivity contribution < 1.29 is 0 Å². The lowest BCUT2D eigenvalue weighted by Crippen LogP contribution is -2.40. The summed E-state index contributed by atoms with van der Waals surface area (Å²) < 4.78 is 0. The average Bonchev–Trinajstić information content (AvgIpc) is 2.22. The fourth-order valence-electron chi connectivity index (χ4n) is 1.07. The van der Waals surface area contributed by atoms with Crippen LogP contribution in [0.4, 0.5) is 0 Å². The van der Waals surface area contributed by atoms with Crippen molar-refractivity contribution in [2.75, 3.05) is 0 Å². The minimum Gasteiger partial charge on any atom is -0.327 e. The molecule has 2 unspecified atom stereocenters. The van der Waals surface area contributed by atoms with Crippen molar-refractivity contribution in [2.24, 2.45) is 11.5 Å². The molecule has 1 aromatic rings. The quantitative estimate of drug-likeness (QED) is 0.772. The fraction of sp³-hybridized carbons (Fsp3) is 0.500. The van der Waals surface area contributed by atoms with Crippen molar-refractivity contribution in [3.8, 4) is 0 Å². The number of nitrogens with two attached hydrogens (primary N) is 2. The summed E-state index contributed by atoms with van der Waals surface area (Å²) in [6.45, 7) is 5.94. The van der Waals surface area contributed by atoms with Gasteiger partial charge in [-0.1, -0.05) is 44.2 Å². The Balaban J connectivity index is 0.000000791. The molecule has 1 aromatic carbocycles. The van der Waals surface area contributed by atoms with Crippen LogP contribution >= 0.6 is 0 Å². The molecule has 0 saturated heterocycles. The smallest absolute Gasteiger partial charge is 0.0230 e. The first-order valence-corrected chi connectivity index (χ1v) is 5.25. The number of hydrogen-bond acceptors (Lipinski definition) is 2. The van der Waals surface area contributed by atoms with Crippen LogP contribution in [0, 0.1) is 0 Å². The maximum absolute atomic E-state index is 5.82. The Morgan fingerprint density at radius 3 is 2.00 bits per heavy atom.